The van der Waals surface area contributed by atoms with Gasteiger partial charge in [0, 0.05) is 6.61 Å². The minimum Gasteiger partial charge on any atom is -0.396 e. The SMILES string of the molecule is C/C(=C/C=CC(C)C)CCO. The number of aliphatic hydroxyl groups excluding tert-OH is 1. The van der Waals surface area contributed by atoms with Crippen LogP contribution >= 0.6 is 0 Å². The summed E-state index contributed by atoms with van der Waals surface area (Å²) in [5.41, 5.74) is 1.23. The van der Waals surface area contributed by atoms with E-state index in [1.807, 2.05) is 6.92 Å². The highest BCUT2D eigenvalue weighted by atomic mass is 16.2. The lowest BCUT2D eigenvalue weighted by atomic mass is 10.1. The molecule has 0 aromatic heterocycles. The Kier molecular flexibility index (Phi) is 5.86. The summed E-state index contributed by atoms with van der Waals surface area (Å²) in [6, 6.07) is 0. The quantitative estimate of drug-likeness (QED) is 0.617. The van der Waals surface area contributed by atoms with Gasteiger partial charge in [-0.15, -0.1) is 0 Å². The van der Waals surface area contributed by atoms with Crippen LogP contribution in [0.1, 0.15) is 27.2 Å². The lowest BCUT2D eigenvalue weighted by molar-refractivity contribution is 0.299. The zero-order chi connectivity index (χ0) is 8.69. The van der Waals surface area contributed by atoms with Crippen molar-refractivity contribution in [1.82, 2.24) is 0 Å². The normalized spacial score (nSPS) is 13.4. The number of aliphatic hydroxyl groups is 1. The van der Waals surface area contributed by atoms with Gasteiger partial charge in [0.15, 0.2) is 0 Å². The van der Waals surface area contributed by atoms with Gasteiger partial charge in [-0.1, -0.05) is 37.6 Å². The van der Waals surface area contributed by atoms with Gasteiger partial charge in [-0.25, -0.2) is 0 Å². The van der Waals surface area contributed by atoms with E-state index in [1.54, 1.807) is 0 Å². The highest BCUT2D eigenvalue weighted by Crippen LogP contribution is 2.00. The molecule has 0 bridgehead atoms. The number of hydrogen-bond acceptors (Lipinski definition) is 1. The Hall–Kier alpha value is -0.560. The topological polar surface area (TPSA) is 20.2 Å². The molecule has 0 atom stereocenters. The van der Waals surface area contributed by atoms with E-state index in [4.69, 9.17) is 5.11 Å². The molecule has 0 spiro atoms. The smallest absolute Gasteiger partial charge is 0.0468 e. The maximum atomic E-state index is 8.58. The minimum absolute atomic E-state index is 0.248. The zero-order valence-corrected chi connectivity index (χ0v) is 7.67. The molecule has 0 saturated heterocycles. The second kappa shape index (κ2) is 6.17. The summed E-state index contributed by atoms with van der Waals surface area (Å²) in [5, 5.41) is 8.58. The molecule has 0 aromatic carbocycles. The molecule has 64 valence electrons. The Balaban J connectivity index is 3.71. The fraction of sp³-hybridized carbons (Fsp3) is 0.600. The second-order valence-corrected chi connectivity index (χ2v) is 3.12. The van der Waals surface area contributed by atoms with Gasteiger partial charge >= 0.3 is 0 Å². The minimum atomic E-state index is 0.248. The molecule has 1 heteroatoms. The molecule has 0 saturated carbocycles. The third-order valence-corrected chi connectivity index (χ3v) is 1.38. The van der Waals surface area contributed by atoms with Gasteiger partial charge in [0.2, 0.25) is 0 Å². The average Bonchev–Trinajstić information content (AvgIpc) is 1.87. The molecule has 0 aliphatic rings. The highest BCUT2D eigenvalue weighted by molar-refractivity contribution is 5.10. The molecule has 0 aromatic rings. The molecule has 0 heterocycles. The summed E-state index contributed by atoms with van der Waals surface area (Å²) in [5.74, 6) is 0.605. The Morgan fingerprint density at radius 1 is 1.45 bits per heavy atom. The lowest BCUT2D eigenvalue weighted by Crippen LogP contribution is -1.82. The lowest BCUT2D eigenvalue weighted by Gasteiger charge is -1.94. The molecule has 1 nitrogen and oxygen atoms in total. The Morgan fingerprint density at radius 3 is 2.55 bits per heavy atom. The van der Waals surface area contributed by atoms with Crippen molar-refractivity contribution in [3.8, 4) is 0 Å². The number of hydrogen-bond donors (Lipinski definition) is 1. The second-order valence-electron chi connectivity index (χ2n) is 3.12. The predicted octanol–water partition coefficient (Wildman–Crippen LogP) is 2.53. The Morgan fingerprint density at radius 2 is 2.09 bits per heavy atom. The first kappa shape index (κ1) is 10.4. The van der Waals surface area contributed by atoms with Crippen LogP contribution in [0.2, 0.25) is 0 Å². The first-order valence-corrected chi connectivity index (χ1v) is 4.11. The van der Waals surface area contributed by atoms with Crippen molar-refractivity contribution in [2.75, 3.05) is 6.61 Å². The maximum Gasteiger partial charge on any atom is 0.0468 e. The van der Waals surface area contributed by atoms with Gasteiger partial charge < -0.3 is 5.11 Å². The van der Waals surface area contributed by atoms with Crippen LogP contribution in [-0.4, -0.2) is 11.7 Å². The van der Waals surface area contributed by atoms with E-state index >= 15 is 0 Å². The fourth-order valence-electron chi connectivity index (χ4n) is 0.702. The third-order valence-electron chi connectivity index (χ3n) is 1.38. The van der Waals surface area contributed by atoms with E-state index in [-0.39, 0.29) is 6.61 Å². The molecule has 0 amide bonds. The summed E-state index contributed by atoms with van der Waals surface area (Å²) in [6.45, 7) is 6.57. The van der Waals surface area contributed by atoms with E-state index in [0.717, 1.165) is 6.42 Å². The summed E-state index contributed by atoms with van der Waals surface area (Å²) >= 11 is 0. The fourth-order valence-corrected chi connectivity index (χ4v) is 0.702. The van der Waals surface area contributed by atoms with E-state index in [2.05, 4.69) is 32.1 Å². The standard InChI is InChI=1S/C10H18O/c1-9(2)5-4-6-10(3)7-8-11/h4-6,9,11H,7-8H2,1-3H3/b5-4?,10-6-. The zero-order valence-electron chi connectivity index (χ0n) is 7.67. The largest absolute Gasteiger partial charge is 0.396 e. The first-order chi connectivity index (χ1) is 5.16. The first-order valence-electron chi connectivity index (χ1n) is 4.11. The Bertz CT molecular complexity index is 143. The van der Waals surface area contributed by atoms with Crippen molar-refractivity contribution in [2.45, 2.75) is 27.2 Å². The molecule has 0 unspecified atom stereocenters. The van der Waals surface area contributed by atoms with E-state index < -0.39 is 0 Å². The molecular weight excluding hydrogens is 136 g/mol. The molecule has 11 heavy (non-hydrogen) atoms. The van der Waals surface area contributed by atoms with E-state index in [0.29, 0.717) is 5.92 Å². The predicted molar refractivity (Wildman–Crippen MR) is 49.4 cm³/mol. The van der Waals surface area contributed by atoms with Crippen molar-refractivity contribution in [2.24, 2.45) is 5.92 Å². The van der Waals surface area contributed by atoms with Gasteiger partial charge in [-0.05, 0) is 19.3 Å². The van der Waals surface area contributed by atoms with E-state index in [9.17, 15) is 0 Å². The van der Waals surface area contributed by atoms with Crippen LogP contribution in [0, 0.1) is 5.92 Å². The Labute approximate surface area is 69.4 Å². The third kappa shape index (κ3) is 7.34. The van der Waals surface area contributed by atoms with Gasteiger partial charge in [0.25, 0.3) is 0 Å². The van der Waals surface area contributed by atoms with Crippen LogP contribution in [0.4, 0.5) is 0 Å². The van der Waals surface area contributed by atoms with Crippen molar-refractivity contribution >= 4 is 0 Å². The van der Waals surface area contributed by atoms with Gasteiger partial charge in [-0.2, -0.15) is 0 Å². The summed E-state index contributed by atoms with van der Waals surface area (Å²) in [6.07, 6.45) is 7.02. The van der Waals surface area contributed by atoms with Crippen LogP contribution < -0.4 is 0 Å². The molecule has 0 rings (SSSR count). The number of allylic oxidation sites excluding steroid dienone is 3. The van der Waals surface area contributed by atoms with Crippen molar-refractivity contribution in [3.05, 3.63) is 23.8 Å². The van der Waals surface area contributed by atoms with Gasteiger partial charge in [0.05, 0.1) is 0 Å². The molecular formula is C10H18O. The maximum absolute atomic E-state index is 8.58. The molecule has 0 fully saturated rings. The van der Waals surface area contributed by atoms with Crippen molar-refractivity contribution in [1.29, 1.82) is 0 Å². The van der Waals surface area contributed by atoms with Crippen LogP contribution in [0.5, 0.6) is 0 Å². The van der Waals surface area contributed by atoms with E-state index in [1.165, 1.54) is 5.57 Å². The average molecular weight is 154 g/mol. The van der Waals surface area contributed by atoms with Crippen molar-refractivity contribution in [3.63, 3.8) is 0 Å². The van der Waals surface area contributed by atoms with Gasteiger partial charge in [-0.3, -0.25) is 0 Å². The van der Waals surface area contributed by atoms with Crippen LogP contribution in [0.3, 0.4) is 0 Å². The monoisotopic (exact) mass is 154 g/mol. The van der Waals surface area contributed by atoms with Gasteiger partial charge in [0.1, 0.15) is 0 Å². The molecule has 1 N–H and O–H groups in total. The molecule has 0 aliphatic heterocycles. The summed E-state index contributed by atoms with van der Waals surface area (Å²) < 4.78 is 0. The summed E-state index contributed by atoms with van der Waals surface area (Å²) in [4.78, 5) is 0. The van der Waals surface area contributed by atoms with Crippen LogP contribution in [0.25, 0.3) is 0 Å². The molecule has 0 aliphatic carbocycles. The van der Waals surface area contributed by atoms with Crippen LogP contribution in [0.15, 0.2) is 23.8 Å². The molecule has 0 radical (unpaired) electrons. The number of rotatable bonds is 4. The summed E-state index contributed by atoms with van der Waals surface area (Å²) in [7, 11) is 0. The van der Waals surface area contributed by atoms with Crippen LogP contribution in [-0.2, 0) is 0 Å². The highest BCUT2D eigenvalue weighted by Gasteiger charge is 1.85. The van der Waals surface area contributed by atoms with Crippen molar-refractivity contribution < 1.29 is 5.11 Å².